The molecule has 1 amide bonds. The first-order valence-electron chi connectivity index (χ1n) is 5.87. The zero-order valence-electron chi connectivity index (χ0n) is 10.8. The first kappa shape index (κ1) is 12.6. The molecule has 2 aromatic rings. The number of fused-ring (bicyclic) bond motifs is 1. The van der Waals surface area contributed by atoms with Gasteiger partial charge in [-0.05, 0) is 12.1 Å². The van der Waals surface area contributed by atoms with Crippen LogP contribution < -0.4 is 10.6 Å². The molecule has 0 bridgehead atoms. The Morgan fingerprint density at radius 2 is 2.28 bits per heavy atom. The van der Waals surface area contributed by atoms with Crippen LogP contribution in [-0.4, -0.2) is 24.5 Å². The average Bonchev–Trinajstić information content (AvgIpc) is 2.74. The van der Waals surface area contributed by atoms with Crippen LogP contribution in [-0.2, 0) is 4.79 Å². The lowest BCUT2D eigenvalue weighted by molar-refractivity contribution is -0.121. The van der Waals surface area contributed by atoms with E-state index >= 15 is 0 Å². The third kappa shape index (κ3) is 2.22. The molecular formula is C13H17N3O2. The second-order valence-electron chi connectivity index (χ2n) is 4.42. The van der Waals surface area contributed by atoms with E-state index in [4.69, 9.17) is 10.2 Å². The van der Waals surface area contributed by atoms with Gasteiger partial charge in [0.05, 0.1) is 0 Å². The maximum atomic E-state index is 12.0. The highest BCUT2D eigenvalue weighted by molar-refractivity contribution is 5.96. The summed E-state index contributed by atoms with van der Waals surface area (Å²) in [5, 5.41) is 0. The number of carbonyl (C=O) groups excluding carboxylic acids is 1. The van der Waals surface area contributed by atoms with Gasteiger partial charge in [-0.1, -0.05) is 6.92 Å². The molecule has 0 saturated carbocycles. The van der Waals surface area contributed by atoms with E-state index < -0.39 is 0 Å². The number of anilines is 1. The van der Waals surface area contributed by atoms with E-state index in [1.54, 1.807) is 18.9 Å². The predicted octanol–water partition coefficient (Wildman–Crippen LogP) is 1.69. The summed E-state index contributed by atoms with van der Waals surface area (Å²) in [5.74, 6) is 0.418. The lowest BCUT2D eigenvalue weighted by Crippen LogP contribution is -2.35. The van der Waals surface area contributed by atoms with Gasteiger partial charge < -0.3 is 15.1 Å². The van der Waals surface area contributed by atoms with Crippen LogP contribution in [0.1, 0.15) is 12.8 Å². The van der Waals surface area contributed by atoms with E-state index in [9.17, 15) is 4.79 Å². The van der Waals surface area contributed by atoms with Crippen molar-refractivity contribution in [2.45, 2.75) is 13.8 Å². The van der Waals surface area contributed by atoms with Gasteiger partial charge in [-0.2, -0.15) is 0 Å². The Morgan fingerprint density at radius 3 is 2.94 bits per heavy atom. The summed E-state index contributed by atoms with van der Waals surface area (Å²) in [7, 11) is 1.74. The molecule has 5 heteroatoms. The fourth-order valence-corrected chi connectivity index (χ4v) is 1.80. The van der Waals surface area contributed by atoms with E-state index in [-0.39, 0.29) is 11.8 Å². The topological polar surface area (TPSA) is 72.4 Å². The van der Waals surface area contributed by atoms with Crippen molar-refractivity contribution in [1.29, 1.82) is 0 Å². The highest BCUT2D eigenvalue weighted by Gasteiger charge is 2.18. The number of carbonyl (C=O) groups is 1. The monoisotopic (exact) mass is 247 g/mol. The molecule has 96 valence electrons. The Kier molecular flexibility index (Phi) is 3.34. The van der Waals surface area contributed by atoms with Crippen LogP contribution in [0.25, 0.3) is 11.1 Å². The molecule has 0 fully saturated rings. The van der Waals surface area contributed by atoms with Gasteiger partial charge in [0.2, 0.25) is 5.91 Å². The van der Waals surface area contributed by atoms with E-state index in [1.807, 2.05) is 25.1 Å². The number of oxazole rings is 1. The molecule has 1 aromatic carbocycles. The lowest BCUT2D eigenvalue weighted by Gasteiger charge is -2.20. The van der Waals surface area contributed by atoms with Gasteiger partial charge >= 0.3 is 0 Å². The number of nitrogens with zero attached hydrogens (tertiary/aromatic N) is 2. The van der Waals surface area contributed by atoms with Gasteiger partial charge in [-0.25, -0.2) is 4.98 Å². The SMILES string of the molecule is Cc1nc2ccc(N(C)C(=O)C(C)CN)cc2o1. The molecule has 0 aliphatic rings. The summed E-state index contributed by atoms with van der Waals surface area (Å²) in [6, 6.07) is 5.51. The summed E-state index contributed by atoms with van der Waals surface area (Å²) in [6.45, 7) is 3.95. The van der Waals surface area contributed by atoms with Gasteiger partial charge in [-0.15, -0.1) is 0 Å². The lowest BCUT2D eigenvalue weighted by atomic mass is 10.1. The van der Waals surface area contributed by atoms with E-state index in [1.165, 1.54) is 0 Å². The Morgan fingerprint density at radius 1 is 1.56 bits per heavy atom. The minimum Gasteiger partial charge on any atom is -0.441 e. The third-order valence-electron chi connectivity index (χ3n) is 2.97. The number of amides is 1. The van der Waals surface area contributed by atoms with Gasteiger partial charge in [0, 0.05) is 38.2 Å². The van der Waals surface area contributed by atoms with E-state index in [0.29, 0.717) is 18.0 Å². The second kappa shape index (κ2) is 4.78. The molecule has 18 heavy (non-hydrogen) atoms. The molecular weight excluding hydrogens is 230 g/mol. The maximum absolute atomic E-state index is 12.0. The number of nitrogens with two attached hydrogens (primary N) is 1. The molecule has 5 nitrogen and oxygen atoms in total. The van der Waals surface area contributed by atoms with Gasteiger partial charge in [0.1, 0.15) is 5.52 Å². The third-order valence-corrected chi connectivity index (χ3v) is 2.97. The van der Waals surface area contributed by atoms with Gasteiger partial charge in [0.15, 0.2) is 11.5 Å². The van der Waals surface area contributed by atoms with Crippen molar-refractivity contribution in [3.05, 3.63) is 24.1 Å². The van der Waals surface area contributed by atoms with Crippen LogP contribution in [0.15, 0.2) is 22.6 Å². The van der Waals surface area contributed by atoms with E-state index in [2.05, 4.69) is 4.98 Å². The highest BCUT2D eigenvalue weighted by atomic mass is 16.3. The second-order valence-corrected chi connectivity index (χ2v) is 4.42. The molecule has 1 aromatic heterocycles. The van der Waals surface area contributed by atoms with Crippen LogP contribution in [0, 0.1) is 12.8 Å². The summed E-state index contributed by atoms with van der Waals surface area (Å²) in [4.78, 5) is 17.8. The standard InChI is InChI=1S/C13H17N3O2/c1-8(7-14)13(17)16(3)10-4-5-11-12(6-10)18-9(2)15-11/h4-6,8H,7,14H2,1-3H3. The molecule has 1 heterocycles. The maximum Gasteiger partial charge on any atom is 0.230 e. The minimum absolute atomic E-state index is 0.00640. The fraction of sp³-hybridized carbons (Fsp3) is 0.385. The molecule has 0 radical (unpaired) electrons. The minimum atomic E-state index is -0.192. The summed E-state index contributed by atoms with van der Waals surface area (Å²) in [5.41, 5.74) is 7.77. The number of aromatic nitrogens is 1. The zero-order chi connectivity index (χ0) is 13.3. The largest absolute Gasteiger partial charge is 0.441 e. The Labute approximate surface area is 106 Å². The molecule has 2 rings (SSSR count). The van der Waals surface area contributed by atoms with Crippen molar-refractivity contribution in [1.82, 2.24) is 4.98 Å². The number of hydrogen-bond acceptors (Lipinski definition) is 4. The zero-order valence-corrected chi connectivity index (χ0v) is 10.8. The van der Waals surface area contributed by atoms with Crippen molar-refractivity contribution in [2.75, 3.05) is 18.5 Å². The summed E-state index contributed by atoms with van der Waals surface area (Å²) < 4.78 is 5.45. The van der Waals surface area contributed by atoms with Crippen molar-refractivity contribution >= 4 is 22.7 Å². The first-order valence-corrected chi connectivity index (χ1v) is 5.87. The number of benzene rings is 1. The Balaban J connectivity index is 2.32. The molecule has 0 aliphatic carbocycles. The molecule has 2 N–H and O–H groups in total. The Hall–Kier alpha value is -1.88. The number of rotatable bonds is 3. The summed E-state index contributed by atoms with van der Waals surface area (Å²) in [6.07, 6.45) is 0. The van der Waals surface area contributed by atoms with E-state index in [0.717, 1.165) is 11.2 Å². The van der Waals surface area contributed by atoms with Crippen molar-refractivity contribution in [3.63, 3.8) is 0 Å². The molecule has 0 saturated heterocycles. The first-order chi connectivity index (χ1) is 8.52. The normalized spacial score (nSPS) is 12.7. The average molecular weight is 247 g/mol. The number of hydrogen-bond donors (Lipinski definition) is 1. The van der Waals surface area contributed by atoms with Crippen molar-refractivity contribution < 1.29 is 9.21 Å². The van der Waals surface area contributed by atoms with Crippen LogP contribution in [0.3, 0.4) is 0 Å². The van der Waals surface area contributed by atoms with Crippen LogP contribution in [0.5, 0.6) is 0 Å². The van der Waals surface area contributed by atoms with Crippen molar-refractivity contribution in [2.24, 2.45) is 11.7 Å². The molecule has 1 unspecified atom stereocenters. The van der Waals surface area contributed by atoms with Crippen LogP contribution in [0.4, 0.5) is 5.69 Å². The van der Waals surface area contributed by atoms with Crippen molar-refractivity contribution in [3.8, 4) is 0 Å². The summed E-state index contributed by atoms with van der Waals surface area (Å²) >= 11 is 0. The number of aryl methyl sites for hydroxylation is 1. The predicted molar refractivity (Wildman–Crippen MR) is 70.4 cm³/mol. The van der Waals surface area contributed by atoms with Gasteiger partial charge in [-0.3, -0.25) is 4.79 Å². The quantitative estimate of drug-likeness (QED) is 0.895. The highest BCUT2D eigenvalue weighted by Crippen LogP contribution is 2.22. The van der Waals surface area contributed by atoms with Gasteiger partial charge in [0.25, 0.3) is 0 Å². The molecule has 1 atom stereocenters. The van der Waals surface area contributed by atoms with Crippen LogP contribution in [0.2, 0.25) is 0 Å². The smallest absolute Gasteiger partial charge is 0.230 e. The molecule has 0 aliphatic heterocycles. The Bertz CT molecular complexity index is 577. The van der Waals surface area contributed by atoms with Crippen LogP contribution >= 0.6 is 0 Å². The molecule has 0 spiro atoms. The fourth-order valence-electron chi connectivity index (χ4n) is 1.80.